The fourth-order valence-corrected chi connectivity index (χ4v) is 3.98. The number of hydrogen-bond acceptors (Lipinski definition) is 6. The molecule has 1 aliphatic carbocycles. The normalized spacial score (nSPS) is 17.3. The Morgan fingerprint density at radius 1 is 1.10 bits per heavy atom. The standard InChI is InChI=1S/C22H22O6S/c1-3-19(23)22-20(24)12-15(13-21(22)25)14-5-4-6-17(11-14)28-16-7-9-18(10-8-16)29(2,26)27/h4-11,15,24H,3,12-13H2,1-2H3. The molecule has 0 bridgehead atoms. The maximum absolute atomic E-state index is 12.4. The molecule has 1 N–H and O–H groups in total. The van der Waals surface area contributed by atoms with Gasteiger partial charge in [0.2, 0.25) is 0 Å². The predicted molar refractivity (Wildman–Crippen MR) is 108 cm³/mol. The number of ketones is 2. The fourth-order valence-electron chi connectivity index (χ4n) is 3.35. The van der Waals surface area contributed by atoms with Crippen molar-refractivity contribution in [2.75, 3.05) is 6.26 Å². The Kier molecular flexibility index (Phi) is 5.88. The van der Waals surface area contributed by atoms with Crippen molar-refractivity contribution in [1.29, 1.82) is 0 Å². The van der Waals surface area contributed by atoms with Crippen LogP contribution in [0.5, 0.6) is 11.5 Å². The lowest BCUT2D eigenvalue weighted by Crippen LogP contribution is -2.23. The minimum absolute atomic E-state index is 0.0675. The number of rotatable bonds is 6. The Morgan fingerprint density at radius 2 is 1.79 bits per heavy atom. The van der Waals surface area contributed by atoms with Gasteiger partial charge in [-0.25, -0.2) is 8.42 Å². The van der Waals surface area contributed by atoms with Gasteiger partial charge in [-0.05, 0) is 47.9 Å². The van der Waals surface area contributed by atoms with Crippen LogP contribution in [0.25, 0.3) is 0 Å². The highest BCUT2D eigenvalue weighted by molar-refractivity contribution is 7.90. The smallest absolute Gasteiger partial charge is 0.175 e. The first-order chi connectivity index (χ1) is 13.7. The third-order valence-corrected chi connectivity index (χ3v) is 5.98. The zero-order chi connectivity index (χ0) is 21.2. The van der Waals surface area contributed by atoms with E-state index in [-0.39, 0.29) is 53.0 Å². The van der Waals surface area contributed by atoms with Crippen LogP contribution < -0.4 is 4.74 Å². The van der Waals surface area contributed by atoms with E-state index in [9.17, 15) is 23.1 Å². The van der Waals surface area contributed by atoms with Gasteiger partial charge in [-0.3, -0.25) is 9.59 Å². The quantitative estimate of drug-likeness (QED) is 0.714. The molecule has 7 heteroatoms. The van der Waals surface area contributed by atoms with Gasteiger partial charge in [-0.2, -0.15) is 0 Å². The monoisotopic (exact) mass is 414 g/mol. The molecule has 0 heterocycles. The topological polar surface area (TPSA) is 97.7 Å². The van der Waals surface area contributed by atoms with Gasteiger partial charge in [-0.15, -0.1) is 0 Å². The number of carbonyl (C=O) groups excluding carboxylic acids is 2. The molecule has 0 radical (unpaired) electrons. The number of ether oxygens (including phenoxy) is 1. The van der Waals surface area contributed by atoms with Crippen molar-refractivity contribution in [1.82, 2.24) is 0 Å². The predicted octanol–water partition coefficient (Wildman–Crippen LogP) is 4.12. The maximum Gasteiger partial charge on any atom is 0.175 e. The minimum Gasteiger partial charge on any atom is -0.511 e. The van der Waals surface area contributed by atoms with E-state index in [2.05, 4.69) is 0 Å². The Hall–Kier alpha value is -2.93. The lowest BCUT2D eigenvalue weighted by Gasteiger charge is -2.23. The summed E-state index contributed by atoms with van der Waals surface area (Å²) in [7, 11) is -3.28. The van der Waals surface area contributed by atoms with Crippen molar-refractivity contribution < 1.29 is 27.9 Å². The number of carbonyl (C=O) groups is 2. The van der Waals surface area contributed by atoms with E-state index in [0.717, 1.165) is 11.8 Å². The highest BCUT2D eigenvalue weighted by Crippen LogP contribution is 2.36. The molecule has 29 heavy (non-hydrogen) atoms. The first-order valence-electron chi connectivity index (χ1n) is 9.25. The number of aliphatic hydroxyl groups is 1. The van der Waals surface area contributed by atoms with Crippen LogP contribution in [0, 0.1) is 0 Å². The van der Waals surface area contributed by atoms with Gasteiger partial charge < -0.3 is 9.84 Å². The highest BCUT2D eigenvalue weighted by Gasteiger charge is 2.31. The van der Waals surface area contributed by atoms with Crippen LogP contribution in [0.1, 0.15) is 37.7 Å². The number of sulfone groups is 1. The molecule has 1 atom stereocenters. The summed E-state index contributed by atoms with van der Waals surface area (Å²) in [5, 5.41) is 10.2. The number of Topliss-reactive ketones (excluding diaryl/α,β-unsaturated/α-hetero) is 2. The molecule has 0 amide bonds. The van der Waals surface area contributed by atoms with Gasteiger partial charge in [0, 0.05) is 25.5 Å². The average Bonchev–Trinajstić information content (AvgIpc) is 2.67. The molecule has 0 saturated carbocycles. The SMILES string of the molecule is CCC(=O)C1=C(O)CC(c2cccc(Oc3ccc(S(C)(=O)=O)cc3)c2)CC1=O. The zero-order valence-electron chi connectivity index (χ0n) is 16.2. The Bertz CT molecular complexity index is 1080. The zero-order valence-corrected chi connectivity index (χ0v) is 17.0. The molecule has 152 valence electrons. The molecule has 0 aliphatic heterocycles. The second-order valence-corrected chi connectivity index (χ2v) is 9.06. The molecular weight excluding hydrogens is 392 g/mol. The van der Waals surface area contributed by atoms with Crippen LogP contribution in [0.15, 0.2) is 64.8 Å². The van der Waals surface area contributed by atoms with E-state index in [1.54, 1.807) is 37.3 Å². The Balaban J connectivity index is 1.79. The van der Waals surface area contributed by atoms with Crippen LogP contribution in [0.3, 0.4) is 0 Å². The van der Waals surface area contributed by atoms with E-state index in [1.165, 1.54) is 12.1 Å². The van der Waals surface area contributed by atoms with E-state index < -0.39 is 9.84 Å². The van der Waals surface area contributed by atoms with Gasteiger partial charge >= 0.3 is 0 Å². The van der Waals surface area contributed by atoms with Crippen LogP contribution in [-0.2, 0) is 19.4 Å². The summed E-state index contributed by atoms with van der Waals surface area (Å²) in [5.41, 5.74) is 0.750. The van der Waals surface area contributed by atoms with Crippen LogP contribution in [0.2, 0.25) is 0 Å². The van der Waals surface area contributed by atoms with Crippen molar-refractivity contribution in [3.05, 3.63) is 65.4 Å². The largest absolute Gasteiger partial charge is 0.511 e. The second-order valence-electron chi connectivity index (χ2n) is 7.04. The second kappa shape index (κ2) is 8.21. The summed E-state index contributed by atoms with van der Waals surface area (Å²) in [4.78, 5) is 24.4. The van der Waals surface area contributed by atoms with Gasteiger partial charge in [0.1, 0.15) is 17.3 Å². The molecule has 6 nitrogen and oxygen atoms in total. The van der Waals surface area contributed by atoms with Crippen molar-refractivity contribution in [2.45, 2.75) is 37.0 Å². The summed E-state index contributed by atoms with van der Waals surface area (Å²) in [6.45, 7) is 1.66. The number of hydrogen-bond donors (Lipinski definition) is 1. The number of aliphatic hydroxyl groups excluding tert-OH is 1. The fraction of sp³-hybridized carbons (Fsp3) is 0.273. The summed E-state index contributed by atoms with van der Waals surface area (Å²) in [6.07, 6.45) is 1.69. The van der Waals surface area contributed by atoms with Crippen LogP contribution in [-0.4, -0.2) is 31.3 Å². The first kappa shape index (κ1) is 20.8. The summed E-state index contributed by atoms with van der Waals surface area (Å²) in [5.74, 6) is -0.0597. The first-order valence-corrected chi connectivity index (χ1v) is 11.1. The third-order valence-electron chi connectivity index (χ3n) is 4.86. The molecule has 3 rings (SSSR count). The van der Waals surface area contributed by atoms with Crippen molar-refractivity contribution >= 4 is 21.4 Å². The van der Waals surface area contributed by atoms with E-state index in [0.29, 0.717) is 11.5 Å². The molecule has 0 saturated heterocycles. The minimum atomic E-state index is -3.28. The summed E-state index contributed by atoms with van der Waals surface area (Å²) >= 11 is 0. The molecule has 1 aliphatic rings. The summed E-state index contributed by atoms with van der Waals surface area (Å²) in [6, 6.07) is 13.3. The average molecular weight is 414 g/mol. The molecule has 2 aromatic carbocycles. The number of allylic oxidation sites excluding steroid dienone is 2. The van der Waals surface area contributed by atoms with E-state index in [4.69, 9.17) is 4.74 Å². The molecule has 0 fully saturated rings. The van der Waals surface area contributed by atoms with Gasteiger partial charge in [0.05, 0.1) is 10.5 Å². The summed E-state index contributed by atoms with van der Waals surface area (Å²) < 4.78 is 28.9. The Labute approximate surface area is 169 Å². The number of benzene rings is 2. The van der Waals surface area contributed by atoms with E-state index in [1.807, 2.05) is 6.07 Å². The Morgan fingerprint density at radius 3 is 2.38 bits per heavy atom. The molecule has 2 aromatic rings. The van der Waals surface area contributed by atoms with Crippen molar-refractivity contribution in [3.63, 3.8) is 0 Å². The van der Waals surface area contributed by atoms with Crippen LogP contribution >= 0.6 is 0 Å². The molecule has 0 aromatic heterocycles. The van der Waals surface area contributed by atoms with Crippen molar-refractivity contribution in [2.24, 2.45) is 0 Å². The lowest BCUT2D eigenvalue weighted by molar-refractivity contribution is -0.122. The van der Waals surface area contributed by atoms with Crippen molar-refractivity contribution in [3.8, 4) is 11.5 Å². The highest BCUT2D eigenvalue weighted by atomic mass is 32.2. The molecule has 0 spiro atoms. The van der Waals surface area contributed by atoms with Gasteiger partial charge in [-0.1, -0.05) is 19.1 Å². The molecular formula is C22H22O6S. The van der Waals surface area contributed by atoms with Crippen LogP contribution in [0.4, 0.5) is 0 Å². The lowest BCUT2D eigenvalue weighted by atomic mass is 9.81. The van der Waals surface area contributed by atoms with Gasteiger partial charge in [0.15, 0.2) is 21.4 Å². The van der Waals surface area contributed by atoms with Gasteiger partial charge in [0.25, 0.3) is 0 Å². The van der Waals surface area contributed by atoms with E-state index >= 15 is 0 Å². The molecule has 1 unspecified atom stereocenters. The maximum atomic E-state index is 12.4. The third kappa shape index (κ3) is 4.74.